The predicted molar refractivity (Wildman–Crippen MR) is 79.0 cm³/mol. The van der Waals surface area contributed by atoms with Crippen LogP contribution in [-0.2, 0) is 0 Å². The highest BCUT2D eigenvalue weighted by molar-refractivity contribution is 5.49. The summed E-state index contributed by atoms with van der Waals surface area (Å²) in [4.78, 5) is 0. The van der Waals surface area contributed by atoms with Crippen molar-refractivity contribution in [1.29, 1.82) is 0 Å². The van der Waals surface area contributed by atoms with Crippen molar-refractivity contribution in [2.45, 2.75) is 19.9 Å². The summed E-state index contributed by atoms with van der Waals surface area (Å²) >= 11 is 0. The first-order valence-corrected chi connectivity index (χ1v) is 6.65. The summed E-state index contributed by atoms with van der Waals surface area (Å²) < 4.78 is 7.46. The van der Waals surface area contributed by atoms with Crippen molar-refractivity contribution in [3.63, 3.8) is 0 Å². The van der Waals surface area contributed by atoms with Crippen molar-refractivity contribution < 1.29 is 4.42 Å². The molecule has 1 N–H and O–H groups in total. The Kier molecular flexibility index (Phi) is 3.29. The molecule has 0 aliphatic carbocycles. The van der Waals surface area contributed by atoms with E-state index in [0.29, 0.717) is 0 Å². The number of rotatable bonds is 4. The number of furan rings is 1. The molecule has 0 bridgehead atoms. The van der Waals surface area contributed by atoms with E-state index in [-0.39, 0.29) is 6.04 Å². The number of aromatic nitrogens is 2. The summed E-state index contributed by atoms with van der Waals surface area (Å²) in [6.07, 6.45) is 3.70. The molecule has 2 heterocycles. The normalized spacial score (nSPS) is 12.3. The molecule has 0 radical (unpaired) electrons. The maximum Gasteiger partial charge on any atom is 0.126 e. The molecule has 0 fully saturated rings. The van der Waals surface area contributed by atoms with Crippen molar-refractivity contribution in [2.75, 3.05) is 5.32 Å². The van der Waals surface area contributed by atoms with Crippen LogP contribution in [0, 0.1) is 6.92 Å². The molecule has 0 saturated heterocycles. The van der Waals surface area contributed by atoms with Gasteiger partial charge in [0.25, 0.3) is 0 Å². The van der Waals surface area contributed by atoms with Gasteiger partial charge in [-0.1, -0.05) is 0 Å². The van der Waals surface area contributed by atoms with Crippen LogP contribution in [0.2, 0.25) is 0 Å². The van der Waals surface area contributed by atoms with E-state index in [4.69, 9.17) is 4.42 Å². The molecule has 2 aromatic heterocycles. The third kappa shape index (κ3) is 2.59. The van der Waals surface area contributed by atoms with Gasteiger partial charge in [-0.15, -0.1) is 0 Å². The lowest BCUT2D eigenvalue weighted by atomic mass is 10.2. The highest BCUT2D eigenvalue weighted by Gasteiger charge is 2.09. The first kappa shape index (κ1) is 12.5. The van der Waals surface area contributed by atoms with Gasteiger partial charge in [0.05, 0.1) is 11.7 Å². The molecule has 20 heavy (non-hydrogen) atoms. The Balaban J connectivity index is 1.72. The SMILES string of the molecule is Cc1ccc(C(C)Nc2ccc(-n3cccn3)cc2)o1. The molecule has 0 aliphatic heterocycles. The van der Waals surface area contributed by atoms with Crippen molar-refractivity contribution in [3.05, 3.63) is 66.4 Å². The molecule has 3 rings (SSSR count). The molecule has 102 valence electrons. The Labute approximate surface area is 118 Å². The second kappa shape index (κ2) is 5.25. The van der Waals surface area contributed by atoms with Gasteiger partial charge in [-0.3, -0.25) is 0 Å². The van der Waals surface area contributed by atoms with Crippen LogP contribution in [-0.4, -0.2) is 9.78 Å². The fourth-order valence-corrected chi connectivity index (χ4v) is 2.14. The van der Waals surface area contributed by atoms with Crippen LogP contribution in [0.4, 0.5) is 5.69 Å². The minimum Gasteiger partial charge on any atom is -0.464 e. The van der Waals surface area contributed by atoms with Crippen LogP contribution >= 0.6 is 0 Å². The van der Waals surface area contributed by atoms with Crippen LogP contribution < -0.4 is 5.32 Å². The van der Waals surface area contributed by atoms with Gasteiger partial charge in [0.1, 0.15) is 11.5 Å². The van der Waals surface area contributed by atoms with E-state index in [0.717, 1.165) is 22.9 Å². The zero-order valence-corrected chi connectivity index (χ0v) is 11.6. The summed E-state index contributed by atoms with van der Waals surface area (Å²) in [5, 5.41) is 7.63. The van der Waals surface area contributed by atoms with Gasteiger partial charge in [-0.05, 0) is 56.3 Å². The number of hydrogen-bond donors (Lipinski definition) is 1. The fourth-order valence-electron chi connectivity index (χ4n) is 2.14. The lowest BCUT2D eigenvalue weighted by molar-refractivity contribution is 0.467. The van der Waals surface area contributed by atoms with Crippen LogP contribution in [0.25, 0.3) is 5.69 Å². The first-order valence-electron chi connectivity index (χ1n) is 6.65. The van der Waals surface area contributed by atoms with Crippen LogP contribution in [0.15, 0.2) is 59.3 Å². The number of aryl methyl sites for hydroxylation is 1. The van der Waals surface area contributed by atoms with Gasteiger partial charge in [0, 0.05) is 18.1 Å². The summed E-state index contributed by atoms with van der Waals surface area (Å²) in [6.45, 7) is 4.04. The average molecular weight is 267 g/mol. The maximum atomic E-state index is 5.62. The second-order valence-electron chi connectivity index (χ2n) is 4.81. The standard InChI is InChI=1S/C16H17N3O/c1-12-4-9-16(20-12)13(2)18-14-5-7-15(8-6-14)19-11-3-10-17-19/h3-11,13,18H,1-2H3. The monoisotopic (exact) mass is 267 g/mol. The summed E-state index contributed by atoms with van der Waals surface area (Å²) in [7, 11) is 0. The highest BCUT2D eigenvalue weighted by atomic mass is 16.3. The third-order valence-electron chi connectivity index (χ3n) is 3.21. The Morgan fingerprint density at radius 3 is 2.55 bits per heavy atom. The summed E-state index contributed by atoms with van der Waals surface area (Å²) in [6, 6.07) is 14.2. The lowest BCUT2D eigenvalue weighted by Crippen LogP contribution is -2.05. The molecule has 1 aromatic carbocycles. The van der Waals surface area contributed by atoms with Crippen LogP contribution in [0.5, 0.6) is 0 Å². The molecular weight excluding hydrogens is 250 g/mol. The highest BCUT2D eigenvalue weighted by Crippen LogP contribution is 2.21. The predicted octanol–water partition coefficient (Wildman–Crippen LogP) is 3.95. The van der Waals surface area contributed by atoms with Crippen LogP contribution in [0.1, 0.15) is 24.5 Å². The van der Waals surface area contributed by atoms with Gasteiger partial charge in [-0.25, -0.2) is 4.68 Å². The molecule has 4 heteroatoms. The van der Waals surface area contributed by atoms with E-state index in [1.165, 1.54) is 0 Å². The first-order chi connectivity index (χ1) is 9.72. The molecule has 0 spiro atoms. The Hall–Kier alpha value is -2.49. The van der Waals surface area contributed by atoms with E-state index >= 15 is 0 Å². The zero-order valence-electron chi connectivity index (χ0n) is 11.6. The Morgan fingerprint density at radius 2 is 1.95 bits per heavy atom. The van der Waals surface area contributed by atoms with Crippen molar-refractivity contribution >= 4 is 5.69 Å². The minimum atomic E-state index is 0.138. The van der Waals surface area contributed by atoms with Gasteiger partial charge in [0.2, 0.25) is 0 Å². The molecule has 0 saturated carbocycles. The molecule has 3 aromatic rings. The number of hydrogen-bond acceptors (Lipinski definition) is 3. The second-order valence-corrected chi connectivity index (χ2v) is 4.81. The molecule has 0 amide bonds. The van der Waals surface area contributed by atoms with Gasteiger partial charge in [0.15, 0.2) is 0 Å². The largest absolute Gasteiger partial charge is 0.464 e. The van der Waals surface area contributed by atoms with Crippen molar-refractivity contribution in [1.82, 2.24) is 9.78 Å². The Bertz CT molecular complexity index is 668. The molecule has 4 nitrogen and oxygen atoms in total. The quantitative estimate of drug-likeness (QED) is 0.778. The average Bonchev–Trinajstić information content (AvgIpc) is 3.10. The smallest absolute Gasteiger partial charge is 0.126 e. The van der Waals surface area contributed by atoms with E-state index in [1.807, 2.05) is 60.3 Å². The number of nitrogens with zero attached hydrogens (tertiary/aromatic N) is 2. The van der Waals surface area contributed by atoms with Crippen LogP contribution in [0.3, 0.4) is 0 Å². The summed E-state index contributed by atoms with van der Waals surface area (Å²) in [5.41, 5.74) is 2.10. The molecule has 1 unspecified atom stereocenters. The van der Waals surface area contributed by atoms with Gasteiger partial charge >= 0.3 is 0 Å². The molecular formula is C16H17N3O. The zero-order chi connectivity index (χ0) is 13.9. The minimum absolute atomic E-state index is 0.138. The molecule has 1 atom stereocenters. The number of benzene rings is 1. The van der Waals surface area contributed by atoms with Gasteiger partial charge < -0.3 is 9.73 Å². The van der Waals surface area contributed by atoms with Crippen molar-refractivity contribution in [3.8, 4) is 5.69 Å². The van der Waals surface area contributed by atoms with E-state index < -0.39 is 0 Å². The van der Waals surface area contributed by atoms with Crippen molar-refractivity contribution in [2.24, 2.45) is 0 Å². The third-order valence-corrected chi connectivity index (χ3v) is 3.21. The fraction of sp³-hybridized carbons (Fsp3) is 0.188. The van der Waals surface area contributed by atoms with E-state index in [9.17, 15) is 0 Å². The number of nitrogens with one attached hydrogen (secondary N) is 1. The number of anilines is 1. The Morgan fingerprint density at radius 1 is 1.15 bits per heavy atom. The van der Waals surface area contributed by atoms with Gasteiger partial charge in [-0.2, -0.15) is 5.10 Å². The molecule has 0 aliphatic rings. The lowest BCUT2D eigenvalue weighted by Gasteiger charge is -2.13. The topological polar surface area (TPSA) is 43.0 Å². The van der Waals surface area contributed by atoms with E-state index in [1.54, 1.807) is 6.20 Å². The summed E-state index contributed by atoms with van der Waals surface area (Å²) in [5.74, 6) is 1.88. The van der Waals surface area contributed by atoms with E-state index in [2.05, 4.69) is 17.3 Å². The maximum absolute atomic E-state index is 5.62.